The second kappa shape index (κ2) is 8.00. The number of sulfonamides is 1. The van der Waals surface area contributed by atoms with Gasteiger partial charge < -0.3 is 15.3 Å². The molecular formula is C21H29N3O3S2. The number of benzene rings is 1. The zero-order valence-electron chi connectivity index (χ0n) is 16.9. The Labute approximate surface area is 177 Å². The van der Waals surface area contributed by atoms with E-state index in [1.807, 2.05) is 24.3 Å². The number of nitrogens with zero attached hydrogens (tertiary/aromatic N) is 2. The van der Waals surface area contributed by atoms with Gasteiger partial charge in [0.05, 0.1) is 11.6 Å². The van der Waals surface area contributed by atoms with E-state index in [2.05, 4.69) is 10.2 Å². The predicted molar refractivity (Wildman–Crippen MR) is 117 cm³/mol. The fourth-order valence-electron chi connectivity index (χ4n) is 3.75. The Morgan fingerprint density at radius 2 is 1.90 bits per heavy atom. The third-order valence-corrected chi connectivity index (χ3v) is 8.90. The van der Waals surface area contributed by atoms with Crippen LogP contribution < -0.4 is 10.2 Å². The lowest BCUT2D eigenvalue weighted by atomic mass is 9.98. The van der Waals surface area contributed by atoms with E-state index in [0.29, 0.717) is 29.9 Å². The van der Waals surface area contributed by atoms with Gasteiger partial charge in [0, 0.05) is 37.9 Å². The first-order valence-electron chi connectivity index (χ1n) is 10.1. The molecule has 1 aliphatic heterocycles. The normalized spacial score (nSPS) is 21.5. The quantitative estimate of drug-likeness (QED) is 0.699. The molecule has 29 heavy (non-hydrogen) atoms. The maximum atomic E-state index is 13.0. The van der Waals surface area contributed by atoms with Crippen LogP contribution in [0.2, 0.25) is 0 Å². The summed E-state index contributed by atoms with van der Waals surface area (Å²) in [5.41, 5.74) is 1.06. The van der Waals surface area contributed by atoms with Gasteiger partial charge in [0.1, 0.15) is 4.21 Å². The summed E-state index contributed by atoms with van der Waals surface area (Å²) < 4.78 is 28.1. The van der Waals surface area contributed by atoms with E-state index in [1.54, 1.807) is 35.7 Å². The van der Waals surface area contributed by atoms with E-state index in [9.17, 15) is 13.5 Å². The van der Waals surface area contributed by atoms with Crippen molar-refractivity contribution in [2.24, 2.45) is 0 Å². The average Bonchev–Trinajstić information content (AvgIpc) is 3.35. The minimum atomic E-state index is -3.44. The van der Waals surface area contributed by atoms with Gasteiger partial charge in [0.15, 0.2) is 0 Å². The Morgan fingerprint density at radius 1 is 1.17 bits per heavy atom. The van der Waals surface area contributed by atoms with E-state index < -0.39 is 15.6 Å². The number of piperazine rings is 1. The molecule has 1 aromatic heterocycles. The monoisotopic (exact) mass is 435 g/mol. The van der Waals surface area contributed by atoms with Crippen molar-refractivity contribution in [3.63, 3.8) is 0 Å². The molecule has 0 bridgehead atoms. The lowest BCUT2D eigenvalue weighted by Crippen LogP contribution is -2.58. The number of aliphatic hydroxyl groups is 1. The molecule has 1 atom stereocenters. The van der Waals surface area contributed by atoms with Crippen LogP contribution in [0.3, 0.4) is 0 Å². The van der Waals surface area contributed by atoms with Gasteiger partial charge in [-0.3, -0.25) is 0 Å². The highest BCUT2D eigenvalue weighted by atomic mass is 32.2. The summed E-state index contributed by atoms with van der Waals surface area (Å²) in [6.07, 6.45) is 2.40. The Balaban J connectivity index is 1.54. The summed E-state index contributed by atoms with van der Waals surface area (Å²) in [5.74, 6) is 0. The topological polar surface area (TPSA) is 72.9 Å². The van der Waals surface area contributed by atoms with Gasteiger partial charge in [-0.15, -0.1) is 11.3 Å². The summed E-state index contributed by atoms with van der Waals surface area (Å²) in [4.78, 5) is 2.30. The van der Waals surface area contributed by atoms with Crippen LogP contribution in [0.1, 0.15) is 32.3 Å². The van der Waals surface area contributed by atoms with Crippen molar-refractivity contribution in [3.05, 3.63) is 47.3 Å². The van der Waals surface area contributed by atoms with E-state index >= 15 is 0 Å². The molecule has 2 fully saturated rings. The van der Waals surface area contributed by atoms with Crippen molar-refractivity contribution in [2.75, 3.05) is 31.1 Å². The van der Waals surface area contributed by atoms with Gasteiger partial charge in [0.2, 0.25) is 0 Å². The Hall–Kier alpha value is -1.45. The van der Waals surface area contributed by atoms with E-state index in [1.165, 1.54) is 24.2 Å². The maximum Gasteiger partial charge on any atom is 0.252 e. The van der Waals surface area contributed by atoms with Crippen LogP contribution in [-0.4, -0.2) is 56.1 Å². The number of thiophene rings is 1. The minimum Gasteiger partial charge on any atom is -0.386 e. The second-order valence-corrected chi connectivity index (χ2v) is 11.5. The highest BCUT2D eigenvalue weighted by Gasteiger charge is 2.35. The van der Waals surface area contributed by atoms with Crippen LogP contribution in [0.5, 0.6) is 0 Å². The van der Waals surface area contributed by atoms with E-state index in [-0.39, 0.29) is 6.04 Å². The molecule has 158 valence electrons. The molecule has 0 radical (unpaired) electrons. The molecule has 1 aromatic carbocycles. The Kier molecular flexibility index (Phi) is 5.74. The largest absolute Gasteiger partial charge is 0.386 e. The molecule has 1 saturated heterocycles. The van der Waals surface area contributed by atoms with Crippen LogP contribution in [0, 0.1) is 0 Å². The van der Waals surface area contributed by atoms with Crippen molar-refractivity contribution in [3.8, 4) is 0 Å². The average molecular weight is 436 g/mol. The molecule has 0 spiro atoms. The van der Waals surface area contributed by atoms with Gasteiger partial charge in [-0.05, 0) is 55.8 Å². The highest BCUT2D eigenvalue weighted by molar-refractivity contribution is 7.91. The van der Waals surface area contributed by atoms with Crippen molar-refractivity contribution in [1.29, 1.82) is 0 Å². The molecule has 0 unspecified atom stereocenters. The molecule has 2 aromatic rings. The molecule has 1 saturated carbocycles. The van der Waals surface area contributed by atoms with Crippen LogP contribution in [0.15, 0.2) is 46.0 Å². The fraction of sp³-hybridized carbons (Fsp3) is 0.524. The molecule has 2 aliphatic rings. The number of hydrogen-bond donors (Lipinski definition) is 2. The first-order valence-corrected chi connectivity index (χ1v) is 12.4. The number of anilines is 1. The SMILES string of the molecule is CC(C)(O)c1ccc(N2CCN(S(=O)(=O)c3cccs3)C[C@@H]2CNC2CC2)cc1. The maximum absolute atomic E-state index is 13.0. The Bertz CT molecular complexity index is 917. The van der Waals surface area contributed by atoms with Crippen molar-refractivity contribution in [2.45, 2.75) is 48.6 Å². The second-order valence-electron chi connectivity index (χ2n) is 8.43. The summed E-state index contributed by atoms with van der Waals surface area (Å²) in [6, 6.07) is 12.1. The lowest BCUT2D eigenvalue weighted by molar-refractivity contribution is 0.0786. The standard InChI is InChI=1S/C21H29N3O3S2/c1-21(2,25)16-5-9-18(10-6-16)24-12-11-23(15-19(24)14-22-17-7-8-17)29(26,27)20-4-3-13-28-20/h3-6,9-10,13,17,19,22,25H,7-8,11-12,14-15H2,1-2H3/t19-/m0/s1. The molecule has 6 nitrogen and oxygen atoms in total. The van der Waals surface area contributed by atoms with Gasteiger partial charge in [0.25, 0.3) is 10.0 Å². The molecule has 4 rings (SSSR count). The first kappa shape index (κ1) is 20.8. The van der Waals surface area contributed by atoms with Gasteiger partial charge >= 0.3 is 0 Å². The summed E-state index contributed by atoms with van der Waals surface area (Å²) in [7, 11) is -3.44. The molecule has 2 N–H and O–H groups in total. The van der Waals surface area contributed by atoms with Crippen LogP contribution in [-0.2, 0) is 15.6 Å². The molecule has 0 amide bonds. The summed E-state index contributed by atoms with van der Waals surface area (Å²) >= 11 is 1.27. The first-order chi connectivity index (χ1) is 13.7. The highest BCUT2D eigenvalue weighted by Crippen LogP contribution is 2.29. The number of hydrogen-bond acceptors (Lipinski definition) is 6. The minimum absolute atomic E-state index is 0.0621. The smallest absolute Gasteiger partial charge is 0.252 e. The predicted octanol–water partition coefficient (Wildman–Crippen LogP) is 2.61. The zero-order chi connectivity index (χ0) is 20.6. The van der Waals surface area contributed by atoms with Crippen molar-refractivity contribution >= 4 is 27.0 Å². The molecule has 8 heteroatoms. The van der Waals surface area contributed by atoms with E-state index in [0.717, 1.165) is 17.8 Å². The van der Waals surface area contributed by atoms with Crippen LogP contribution in [0.4, 0.5) is 5.69 Å². The van der Waals surface area contributed by atoms with Crippen molar-refractivity contribution in [1.82, 2.24) is 9.62 Å². The summed E-state index contributed by atoms with van der Waals surface area (Å²) in [6.45, 7) is 5.88. The van der Waals surface area contributed by atoms with Gasteiger partial charge in [-0.1, -0.05) is 18.2 Å². The van der Waals surface area contributed by atoms with Crippen molar-refractivity contribution < 1.29 is 13.5 Å². The fourth-order valence-corrected chi connectivity index (χ4v) is 6.36. The van der Waals surface area contributed by atoms with Gasteiger partial charge in [-0.25, -0.2) is 8.42 Å². The van der Waals surface area contributed by atoms with Gasteiger partial charge in [-0.2, -0.15) is 4.31 Å². The molecule has 2 heterocycles. The third kappa shape index (κ3) is 4.67. The number of nitrogens with one attached hydrogen (secondary N) is 1. The molecular weight excluding hydrogens is 406 g/mol. The lowest BCUT2D eigenvalue weighted by Gasteiger charge is -2.42. The number of rotatable bonds is 7. The molecule has 1 aliphatic carbocycles. The van der Waals surface area contributed by atoms with E-state index in [4.69, 9.17) is 0 Å². The summed E-state index contributed by atoms with van der Waals surface area (Å²) in [5, 5.41) is 15.6. The van der Waals surface area contributed by atoms with Crippen LogP contribution in [0.25, 0.3) is 0 Å². The van der Waals surface area contributed by atoms with Crippen LogP contribution >= 0.6 is 11.3 Å². The third-order valence-electron chi connectivity index (χ3n) is 5.66. The zero-order valence-corrected chi connectivity index (χ0v) is 18.5. The Morgan fingerprint density at radius 3 is 2.48 bits per heavy atom.